The SMILES string of the molecule is Cc1[nH]nc(NC(=O)CC2(C(=O)O)CCCC2)c1C. The Balaban J connectivity index is 2.05. The summed E-state index contributed by atoms with van der Waals surface area (Å²) in [5, 5.41) is 18.8. The number of carbonyl (C=O) groups is 2. The van der Waals surface area contributed by atoms with Crippen LogP contribution in [0.15, 0.2) is 0 Å². The minimum atomic E-state index is -0.886. The maximum Gasteiger partial charge on any atom is 0.310 e. The van der Waals surface area contributed by atoms with Gasteiger partial charge in [0.15, 0.2) is 5.82 Å². The van der Waals surface area contributed by atoms with Crippen LogP contribution in [0.4, 0.5) is 5.82 Å². The maximum atomic E-state index is 12.0. The number of rotatable bonds is 4. The lowest BCUT2D eigenvalue weighted by Gasteiger charge is -2.22. The fraction of sp³-hybridized carbons (Fsp3) is 0.615. The highest BCUT2D eigenvalue weighted by atomic mass is 16.4. The zero-order valence-corrected chi connectivity index (χ0v) is 11.2. The summed E-state index contributed by atoms with van der Waals surface area (Å²) < 4.78 is 0. The topological polar surface area (TPSA) is 95.1 Å². The molecule has 0 bridgehead atoms. The van der Waals surface area contributed by atoms with Crippen molar-refractivity contribution in [3.05, 3.63) is 11.3 Å². The van der Waals surface area contributed by atoms with Gasteiger partial charge in [-0.1, -0.05) is 12.8 Å². The van der Waals surface area contributed by atoms with E-state index in [0.717, 1.165) is 24.1 Å². The molecule has 3 N–H and O–H groups in total. The first-order valence-corrected chi connectivity index (χ1v) is 6.49. The van der Waals surface area contributed by atoms with Gasteiger partial charge in [-0.3, -0.25) is 14.7 Å². The number of hydrogen-bond acceptors (Lipinski definition) is 3. The Hall–Kier alpha value is -1.85. The number of aromatic amines is 1. The molecule has 1 aliphatic carbocycles. The van der Waals surface area contributed by atoms with Crippen molar-refractivity contribution in [3.63, 3.8) is 0 Å². The molecule has 2 rings (SSSR count). The molecule has 0 aromatic carbocycles. The standard InChI is InChI=1S/C13H19N3O3/c1-8-9(2)15-16-11(8)14-10(17)7-13(12(18)19)5-3-4-6-13/h3-7H2,1-2H3,(H,18,19)(H2,14,15,16,17). The molecule has 1 saturated carbocycles. The van der Waals surface area contributed by atoms with Gasteiger partial charge >= 0.3 is 5.97 Å². The van der Waals surface area contributed by atoms with Crippen LogP contribution in [0.5, 0.6) is 0 Å². The summed E-state index contributed by atoms with van der Waals surface area (Å²) >= 11 is 0. The summed E-state index contributed by atoms with van der Waals surface area (Å²) in [5.74, 6) is -0.657. The molecule has 1 aromatic heterocycles. The van der Waals surface area contributed by atoms with E-state index in [-0.39, 0.29) is 12.3 Å². The molecule has 0 unspecified atom stereocenters. The third-order valence-electron chi connectivity index (χ3n) is 4.02. The molecule has 0 aliphatic heterocycles. The van der Waals surface area contributed by atoms with E-state index in [1.807, 2.05) is 13.8 Å². The molecule has 1 amide bonds. The summed E-state index contributed by atoms with van der Waals surface area (Å²) in [5.41, 5.74) is 0.886. The molecule has 1 heterocycles. The van der Waals surface area contributed by atoms with Gasteiger partial charge in [-0.2, -0.15) is 5.10 Å². The van der Waals surface area contributed by atoms with Crippen molar-refractivity contribution in [2.45, 2.75) is 46.0 Å². The molecular weight excluding hydrogens is 246 g/mol. The zero-order chi connectivity index (χ0) is 14.0. The van der Waals surface area contributed by atoms with E-state index in [4.69, 9.17) is 0 Å². The highest BCUT2D eigenvalue weighted by molar-refractivity contribution is 5.94. The van der Waals surface area contributed by atoms with Gasteiger partial charge in [0, 0.05) is 17.7 Å². The number of H-pyrrole nitrogens is 1. The monoisotopic (exact) mass is 265 g/mol. The number of nitrogens with zero attached hydrogens (tertiary/aromatic N) is 1. The Morgan fingerprint density at radius 3 is 2.47 bits per heavy atom. The van der Waals surface area contributed by atoms with E-state index < -0.39 is 11.4 Å². The van der Waals surface area contributed by atoms with Crippen molar-refractivity contribution >= 4 is 17.7 Å². The van der Waals surface area contributed by atoms with Gasteiger partial charge < -0.3 is 10.4 Å². The highest BCUT2D eigenvalue weighted by Gasteiger charge is 2.43. The number of aromatic nitrogens is 2. The van der Waals surface area contributed by atoms with Crippen molar-refractivity contribution < 1.29 is 14.7 Å². The lowest BCUT2D eigenvalue weighted by atomic mass is 9.82. The molecule has 0 saturated heterocycles. The largest absolute Gasteiger partial charge is 0.481 e. The number of amides is 1. The molecule has 6 heteroatoms. The van der Waals surface area contributed by atoms with E-state index >= 15 is 0 Å². The van der Waals surface area contributed by atoms with Gasteiger partial charge in [0.2, 0.25) is 5.91 Å². The fourth-order valence-corrected chi connectivity index (χ4v) is 2.61. The van der Waals surface area contributed by atoms with Crippen LogP contribution in [0.1, 0.15) is 43.4 Å². The van der Waals surface area contributed by atoms with Gasteiger partial charge in [-0.05, 0) is 26.7 Å². The van der Waals surface area contributed by atoms with Crippen LogP contribution in [0.25, 0.3) is 0 Å². The van der Waals surface area contributed by atoms with E-state index in [9.17, 15) is 14.7 Å². The lowest BCUT2D eigenvalue weighted by molar-refractivity contribution is -0.150. The third kappa shape index (κ3) is 2.62. The average molecular weight is 265 g/mol. The smallest absolute Gasteiger partial charge is 0.310 e. The number of nitrogens with one attached hydrogen (secondary N) is 2. The van der Waals surface area contributed by atoms with Crippen molar-refractivity contribution in [1.82, 2.24) is 10.2 Å². The van der Waals surface area contributed by atoms with Gasteiger partial charge in [-0.15, -0.1) is 0 Å². The summed E-state index contributed by atoms with van der Waals surface area (Å²) in [6.07, 6.45) is 2.93. The number of aliphatic carboxylic acids is 1. The molecule has 0 spiro atoms. The quantitative estimate of drug-likeness (QED) is 0.776. The number of carboxylic acid groups (broad SMARTS) is 1. The second-order valence-electron chi connectivity index (χ2n) is 5.34. The first-order valence-electron chi connectivity index (χ1n) is 6.49. The fourth-order valence-electron chi connectivity index (χ4n) is 2.61. The second-order valence-corrected chi connectivity index (χ2v) is 5.34. The average Bonchev–Trinajstić information content (AvgIpc) is 2.92. The maximum absolute atomic E-state index is 12.0. The molecule has 0 radical (unpaired) electrons. The molecule has 6 nitrogen and oxygen atoms in total. The van der Waals surface area contributed by atoms with Gasteiger partial charge in [0.1, 0.15) is 0 Å². The minimum absolute atomic E-state index is 0.0215. The van der Waals surface area contributed by atoms with Crippen LogP contribution in [0.3, 0.4) is 0 Å². The summed E-state index contributed by atoms with van der Waals surface area (Å²) in [6.45, 7) is 3.73. The Bertz CT molecular complexity index is 501. The van der Waals surface area contributed by atoms with Crippen LogP contribution >= 0.6 is 0 Å². The van der Waals surface area contributed by atoms with Crippen molar-refractivity contribution in [3.8, 4) is 0 Å². The first-order chi connectivity index (χ1) is 8.94. The van der Waals surface area contributed by atoms with Crippen LogP contribution in [-0.4, -0.2) is 27.2 Å². The zero-order valence-electron chi connectivity index (χ0n) is 11.2. The third-order valence-corrected chi connectivity index (χ3v) is 4.02. The molecule has 104 valence electrons. The second kappa shape index (κ2) is 5.03. The van der Waals surface area contributed by atoms with Gasteiger partial charge in [-0.25, -0.2) is 0 Å². The molecule has 1 fully saturated rings. The Morgan fingerprint density at radius 2 is 2.00 bits per heavy atom. The van der Waals surface area contributed by atoms with Crippen molar-refractivity contribution in [2.75, 3.05) is 5.32 Å². The van der Waals surface area contributed by atoms with Crippen LogP contribution in [-0.2, 0) is 9.59 Å². The number of carbonyl (C=O) groups excluding carboxylic acids is 1. The van der Waals surface area contributed by atoms with Crippen molar-refractivity contribution in [2.24, 2.45) is 5.41 Å². The Kier molecular flexibility index (Phi) is 3.59. The molecule has 19 heavy (non-hydrogen) atoms. The van der Waals surface area contributed by atoms with E-state index in [2.05, 4.69) is 15.5 Å². The predicted octanol–water partition coefficient (Wildman–Crippen LogP) is 2.00. The van der Waals surface area contributed by atoms with E-state index in [1.54, 1.807) is 0 Å². The number of aryl methyl sites for hydroxylation is 1. The molecule has 1 aliphatic rings. The number of anilines is 1. The normalized spacial score (nSPS) is 17.4. The van der Waals surface area contributed by atoms with Crippen molar-refractivity contribution in [1.29, 1.82) is 0 Å². The molecule has 0 atom stereocenters. The lowest BCUT2D eigenvalue weighted by Crippen LogP contribution is -2.32. The van der Waals surface area contributed by atoms with Gasteiger partial charge in [0.05, 0.1) is 5.41 Å². The Labute approximate surface area is 111 Å². The number of carboxylic acids is 1. The Morgan fingerprint density at radius 1 is 1.37 bits per heavy atom. The van der Waals surface area contributed by atoms with E-state index in [0.29, 0.717) is 18.7 Å². The van der Waals surface area contributed by atoms with Crippen LogP contribution in [0, 0.1) is 19.3 Å². The summed E-state index contributed by atoms with van der Waals surface area (Å²) in [4.78, 5) is 23.4. The highest BCUT2D eigenvalue weighted by Crippen LogP contribution is 2.41. The van der Waals surface area contributed by atoms with Crippen LogP contribution < -0.4 is 5.32 Å². The number of hydrogen-bond donors (Lipinski definition) is 3. The van der Waals surface area contributed by atoms with Crippen LogP contribution in [0.2, 0.25) is 0 Å². The summed E-state index contributed by atoms with van der Waals surface area (Å²) in [6, 6.07) is 0. The molecule has 1 aromatic rings. The predicted molar refractivity (Wildman–Crippen MR) is 69.8 cm³/mol. The molecular formula is C13H19N3O3. The first kappa shape index (κ1) is 13.6. The van der Waals surface area contributed by atoms with E-state index in [1.165, 1.54) is 0 Å². The summed E-state index contributed by atoms with van der Waals surface area (Å²) in [7, 11) is 0. The minimum Gasteiger partial charge on any atom is -0.481 e. The van der Waals surface area contributed by atoms with Gasteiger partial charge in [0.25, 0.3) is 0 Å².